The van der Waals surface area contributed by atoms with Gasteiger partial charge in [-0.05, 0) is 42.9 Å². The predicted molar refractivity (Wildman–Crippen MR) is 81.3 cm³/mol. The Morgan fingerprint density at radius 3 is 2.62 bits per heavy atom. The molecule has 1 fully saturated rings. The molecular weight excluding hydrogens is 266 g/mol. The van der Waals surface area contributed by atoms with Crippen molar-refractivity contribution in [2.45, 2.75) is 39.0 Å². The molecule has 1 amide bonds. The van der Waals surface area contributed by atoms with Crippen LogP contribution >= 0.6 is 0 Å². The zero-order valence-corrected chi connectivity index (χ0v) is 12.5. The largest absolute Gasteiger partial charge is 0.478 e. The van der Waals surface area contributed by atoms with E-state index >= 15 is 0 Å². The highest BCUT2D eigenvalue weighted by Crippen LogP contribution is 2.20. The van der Waals surface area contributed by atoms with Gasteiger partial charge in [0, 0.05) is 19.5 Å². The normalized spacial score (nSPS) is 18.5. The first-order valence-electron chi connectivity index (χ1n) is 7.70. The lowest BCUT2D eigenvalue weighted by atomic mass is 9.95. The molecule has 0 radical (unpaired) electrons. The van der Waals surface area contributed by atoms with Crippen LogP contribution in [0.5, 0.6) is 0 Å². The fourth-order valence-electron chi connectivity index (χ4n) is 2.85. The van der Waals surface area contributed by atoms with Gasteiger partial charge in [0.05, 0.1) is 5.56 Å². The molecule has 0 aliphatic carbocycles. The molecule has 114 valence electrons. The maximum Gasteiger partial charge on any atom is 0.335 e. The van der Waals surface area contributed by atoms with Crippen molar-refractivity contribution in [3.8, 4) is 0 Å². The van der Waals surface area contributed by atoms with Gasteiger partial charge >= 0.3 is 5.97 Å². The van der Waals surface area contributed by atoms with Gasteiger partial charge in [-0.2, -0.15) is 0 Å². The molecule has 1 aromatic carbocycles. The molecular formula is C17H23NO3. The van der Waals surface area contributed by atoms with Crippen LogP contribution in [0.15, 0.2) is 24.3 Å². The summed E-state index contributed by atoms with van der Waals surface area (Å²) in [5.74, 6) is -0.0513. The SMILES string of the molecule is CCC1CCCN(C(=O)CCc2ccc(C(=O)O)cc2)C1. The van der Waals surface area contributed by atoms with Crippen molar-refractivity contribution in [3.05, 3.63) is 35.4 Å². The van der Waals surface area contributed by atoms with Gasteiger partial charge in [0.15, 0.2) is 0 Å². The van der Waals surface area contributed by atoms with Crippen molar-refractivity contribution in [1.29, 1.82) is 0 Å². The predicted octanol–water partition coefficient (Wildman–Crippen LogP) is 2.97. The van der Waals surface area contributed by atoms with Crippen molar-refractivity contribution in [2.24, 2.45) is 5.92 Å². The third-order valence-electron chi connectivity index (χ3n) is 4.28. The van der Waals surface area contributed by atoms with Crippen molar-refractivity contribution in [1.82, 2.24) is 4.90 Å². The number of amides is 1. The lowest BCUT2D eigenvalue weighted by Crippen LogP contribution is -2.39. The van der Waals surface area contributed by atoms with Crippen LogP contribution in [0.3, 0.4) is 0 Å². The van der Waals surface area contributed by atoms with E-state index in [-0.39, 0.29) is 11.5 Å². The topological polar surface area (TPSA) is 57.6 Å². The molecule has 21 heavy (non-hydrogen) atoms. The van der Waals surface area contributed by atoms with Crippen LogP contribution in [0.2, 0.25) is 0 Å². The van der Waals surface area contributed by atoms with Gasteiger partial charge in [0.2, 0.25) is 5.91 Å². The van der Waals surface area contributed by atoms with E-state index < -0.39 is 5.97 Å². The Bertz CT molecular complexity index is 495. The fraction of sp³-hybridized carbons (Fsp3) is 0.529. The number of rotatable bonds is 5. The molecule has 1 unspecified atom stereocenters. The van der Waals surface area contributed by atoms with E-state index in [0.717, 1.165) is 31.5 Å². The van der Waals surface area contributed by atoms with Crippen LogP contribution in [-0.2, 0) is 11.2 Å². The summed E-state index contributed by atoms with van der Waals surface area (Å²) >= 11 is 0. The second-order valence-electron chi connectivity index (χ2n) is 5.76. The summed E-state index contributed by atoms with van der Waals surface area (Å²) in [5, 5.41) is 8.85. The number of carboxylic acid groups (broad SMARTS) is 1. The van der Waals surface area contributed by atoms with E-state index in [9.17, 15) is 9.59 Å². The van der Waals surface area contributed by atoms with Gasteiger partial charge in [-0.3, -0.25) is 4.79 Å². The van der Waals surface area contributed by atoms with Crippen molar-refractivity contribution < 1.29 is 14.7 Å². The third-order valence-corrected chi connectivity index (χ3v) is 4.28. The minimum Gasteiger partial charge on any atom is -0.478 e. The number of nitrogens with zero attached hydrogens (tertiary/aromatic N) is 1. The number of carbonyl (C=O) groups is 2. The maximum atomic E-state index is 12.2. The molecule has 1 N–H and O–H groups in total. The Labute approximate surface area is 125 Å². The van der Waals surface area contributed by atoms with Gasteiger partial charge in [0.25, 0.3) is 0 Å². The van der Waals surface area contributed by atoms with E-state index in [4.69, 9.17) is 5.11 Å². The smallest absolute Gasteiger partial charge is 0.335 e. The Morgan fingerprint density at radius 1 is 1.29 bits per heavy atom. The lowest BCUT2D eigenvalue weighted by Gasteiger charge is -2.32. The lowest BCUT2D eigenvalue weighted by molar-refractivity contribution is -0.133. The summed E-state index contributed by atoms with van der Waals surface area (Å²) in [6.07, 6.45) is 4.66. The Hall–Kier alpha value is -1.84. The molecule has 1 aliphatic heterocycles. The monoisotopic (exact) mass is 289 g/mol. The first-order chi connectivity index (χ1) is 10.1. The maximum absolute atomic E-state index is 12.2. The molecule has 0 aromatic heterocycles. The van der Waals surface area contributed by atoms with Crippen LogP contribution in [0.1, 0.15) is 48.5 Å². The number of benzene rings is 1. The second-order valence-corrected chi connectivity index (χ2v) is 5.76. The number of piperidine rings is 1. The van der Waals surface area contributed by atoms with E-state index in [0.29, 0.717) is 18.8 Å². The fourth-order valence-corrected chi connectivity index (χ4v) is 2.85. The molecule has 2 rings (SSSR count). The van der Waals surface area contributed by atoms with Gasteiger partial charge in [-0.15, -0.1) is 0 Å². The molecule has 4 nitrogen and oxygen atoms in total. The van der Waals surface area contributed by atoms with Crippen molar-refractivity contribution >= 4 is 11.9 Å². The van der Waals surface area contributed by atoms with Gasteiger partial charge in [-0.1, -0.05) is 25.5 Å². The quantitative estimate of drug-likeness (QED) is 0.906. The summed E-state index contributed by atoms with van der Waals surface area (Å²) in [7, 11) is 0. The highest BCUT2D eigenvalue weighted by atomic mass is 16.4. The van der Waals surface area contributed by atoms with Gasteiger partial charge in [-0.25, -0.2) is 4.79 Å². The molecule has 1 saturated heterocycles. The van der Waals surface area contributed by atoms with Crippen molar-refractivity contribution in [3.63, 3.8) is 0 Å². The molecule has 1 aromatic rings. The van der Waals surface area contributed by atoms with Crippen LogP contribution in [0.4, 0.5) is 0 Å². The summed E-state index contributed by atoms with van der Waals surface area (Å²) < 4.78 is 0. The minimum atomic E-state index is -0.920. The first-order valence-corrected chi connectivity index (χ1v) is 7.70. The van der Waals surface area contributed by atoms with Crippen LogP contribution in [0.25, 0.3) is 0 Å². The van der Waals surface area contributed by atoms with Gasteiger partial charge < -0.3 is 10.0 Å². The Balaban J connectivity index is 1.84. The van der Waals surface area contributed by atoms with Crippen LogP contribution in [0, 0.1) is 5.92 Å². The molecule has 1 atom stereocenters. The third kappa shape index (κ3) is 4.31. The number of likely N-dealkylation sites (tertiary alicyclic amines) is 1. The van der Waals surface area contributed by atoms with Gasteiger partial charge in [0.1, 0.15) is 0 Å². The molecule has 4 heteroatoms. The number of hydrogen-bond acceptors (Lipinski definition) is 2. The number of carboxylic acids is 1. The van der Waals surface area contributed by atoms with E-state index in [1.54, 1.807) is 24.3 Å². The van der Waals surface area contributed by atoms with E-state index in [2.05, 4.69) is 6.92 Å². The molecule has 1 heterocycles. The number of hydrogen-bond donors (Lipinski definition) is 1. The summed E-state index contributed by atoms with van der Waals surface area (Å²) in [6.45, 7) is 3.96. The van der Waals surface area contributed by atoms with E-state index in [1.165, 1.54) is 6.42 Å². The molecule has 1 aliphatic rings. The second kappa shape index (κ2) is 7.25. The standard InChI is InChI=1S/C17H23NO3/c1-2-13-4-3-11-18(12-13)16(19)10-7-14-5-8-15(9-6-14)17(20)21/h5-6,8-9,13H,2-4,7,10-12H2,1H3,(H,20,21). The number of aryl methyl sites for hydroxylation is 1. The average Bonchev–Trinajstić information content (AvgIpc) is 2.53. The van der Waals surface area contributed by atoms with E-state index in [1.807, 2.05) is 4.90 Å². The zero-order chi connectivity index (χ0) is 15.2. The zero-order valence-electron chi connectivity index (χ0n) is 12.5. The number of aromatic carboxylic acids is 1. The Kier molecular flexibility index (Phi) is 5.37. The summed E-state index contributed by atoms with van der Waals surface area (Å²) in [5.41, 5.74) is 1.30. The summed E-state index contributed by atoms with van der Waals surface area (Å²) in [4.78, 5) is 25.0. The summed E-state index contributed by atoms with van der Waals surface area (Å²) in [6, 6.07) is 6.77. The number of carbonyl (C=O) groups excluding carboxylic acids is 1. The average molecular weight is 289 g/mol. The highest BCUT2D eigenvalue weighted by Gasteiger charge is 2.22. The van der Waals surface area contributed by atoms with Crippen LogP contribution in [-0.4, -0.2) is 35.0 Å². The first kappa shape index (κ1) is 15.5. The highest BCUT2D eigenvalue weighted by molar-refractivity contribution is 5.87. The minimum absolute atomic E-state index is 0.218. The molecule has 0 saturated carbocycles. The van der Waals surface area contributed by atoms with Crippen LogP contribution < -0.4 is 0 Å². The Morgan fingerprint density at radius 2 is 2.00 bits per heavy atom. The molecule has 0 bridgehead atoms. The van der Waals surface area contributed by atoms with Crippen molar-refractivity contribution in [2.75, 3.05) is 13.1 Å². The molecule has 0 spiro atoms.